The van der Waals surface area contributed by atoms with E-state index in [4.69, 9.17) is 0 Å². The van der Waals surface area contributed by atoms with Gasteiger partial charge in [-0.25, -0.2) is 13.5 Å². The largest absolute Gasteiger partial charge is 0.244 e. The summed E-state index contributed by atoms with van der Waals surface area (Å²) in [5, 5.41) is 12.5. The van der Waals surface area contributed by atoms with E-state index in [1.807, 2.05) is 29.0 Å². The SMILES string of the molecule is CCCCCCCCCCCCCCCCn1nnc2c(-c3cccs3)c(F)c(F)c(-c3cccs3)c21. The van der Waals surface area contributed by atoms with Crippen LogP contribution in [0.4, 0.5) is 8.78 Å². The van der Waals surface area contributed by atoms with Crippen molar-refractivity contribution in [1.82, 2.24) is 15.0 Å². The fourth-order valence-electron chi connectivity index (χ4n) is 5.06. The van der Waals surface area contributed by atoms with Gasteiger partial charge in [0.1, 0.15) is 11.0 Å². The van der Waals surface area contributed by atoms with Crippen molar-refractivity contribution in [3.8, 4) is 20.9 Å². The van der Waals surface area contributed by atoms with Gasteiger partial charge in [0.25, 0.3) is 0 Å². The van der Waals surface area contributed by atoms with Crippen LogP contribution in [0, 0.1) is 11.6 Å². The van der Waals surface area contributed by atoms with Gasteiger partial charge < -0.3 is 0 Å². The Morgan fingerprint density at radius 3 is 1.68 bits per heavy atom. The number of hydrogen-bond donors (Lipinski definition) is 0. The lowest BCUT2D eigenvalue weighted by molar-refractivity contribution is 0.507. The molecule has 0 aliphatic heterocycles. The number of aromatic nitrogens is 3. The summed E-state index contributed by atoms with van der Waals surface area (Å²) in [6, 6.07) is 7.34. The Balaban J connectivity index is 1.30. The molecule has 0 saturated heterocycles. The molecule has 0 radical (unpaired) electrons. The third-order valence-electron chi connectivity index (χ3n) is 7.10. The summed E-state index contributed by atoms with van der Waals surface area (Å²) in [6.07, 6.45) is 18.2. The van der Waals surface area contributed by atoms with Gasteiger partial charge in [0.2, 0.25) is 0 Å². The Bertz CT molecular complexity index is 1200. The molecule has 0 aliphatic carbocycles. The number of nitrogens with zero attached hydrogens (tertiary/aromatic N) is 3. The molecule has 0 saturated carbocycles. The van der Waals surface area contributed by atoms with Crippen LogP contribution < -0.4 is 0 Å². The minimum absolute atomic E-state index is 0.218. The molecule has 0 bridgehead atoms. The fraction of sp³-hybridized carbons (Fsp3) is 0.533. The Morgan fingerprint density at radius 2 is 1.16 bits per heavy atom. The van der Waals surface area contributed by atoms with E-state index < -0.39 is 11.6 Å². The number of benzene rings is 1. The van der Waals surface area contributed by atoms with Crippen LogP contribution in [0.5, 0.6) is 0 Å². The Kier molecular flexibility index (Phi) is 11.1. The number of thiophene rings is 2. The molecule has 3 nitrogen and oxygen atoms in total. The number of unbranched alkanes of at least 4 members (excludes halogenated alkanes) is 13. The summed E-state index contributed by atoms with van der Waals surface area (Å²) >= 11 is 2.79. The molecule has 1 aromatic carbocycles. The molecule has 0 aliphatic rings. The Morgan fingerprint density at radius 1 is 0.676 bits per heavy atom. The van der Waals surface area contributed by atoms with Crippen molar-refractivity contribution < 1.29 is 8.78 Å². The number of rotatable bonds is 17. The lowest BCUT2D eigenvalue weighted by Crippen LogP contribution is -2.03. The lowest BCUT2D eigenvalue weighted by atomic mass is 10.0. The first-order chi connectivity index (χ1) is 18.2. The first-order valence-corrected chi connectivity index (χ1v) is 15.8. The lowest BCUT2D eigenvalue weighted by Gasteiger charge is -2.11. The molecule has 3 aromatic heterocycles. The van der Waals surface area contributed by atoms with Gasteiger partial charge >= 0.3 is 0 Å². The van der Waals surface area contributed by atoms with Crippen molar-refractivity contribution in [1.29, 1.82) is 0 Å². The maximum atomic E-state index is 15.5. The maximum Gasteiger partial charge on any atom is 0.170 e. The average Bonchev–Trinajstić information content (AvgIpc) is 3.69. The van der Waals surface area contributed by atoms with Crippen LogP contribution in [0.2, 0.25) is 0 Å². The highest BCUT2D eigenvalue weighted by Crippen LogP contribution is 2.42. The standard InChI is InChI=1S/C30H39F2N3S2/c1-2-3-4-5-6-7-8-9-10-11-12-13-14-15-20-35-30-26(24-19-17-22-37-24)28(32)27(31)25(29(30)33-34-35)23-18-16-21-36-23/h16-19,21-22H,2-15,20H2,1H3. The summed E-state index contributed by atoms with van der Waals surface area (Å²) in [7, 11) is 0. The van der Waals surface area contributed by atoms with Gasteiger partial charge in [-0.05, 0) is 29.3 Å². The van der Waals surface area contributed by atoms with Crippen molar-refractivity contribution >= 4 is 33.7 Å². The van der Waals surface area contributed by atoms with Crippen LogP contribution in [0.1, 0.15) is 96.8 Å². The van der Waals surface area contributed by atoms with Crippen molar-refractivity contribution in [3.05, 3.63) is 46.7 Å². The topological polar surface area (TPSA) is 30.7 Å². The molecule has 7 heteroatoms. The van der Waals surface area contributed by atoms with E-state index in [9.17, 15) is 0 Å². The first-order valence-electron chi connectivity index (χ1n) is 14.0. The van der Waals surface area contributed by atoms with Crippen LogP contribution in [0.15, 0.2) is 35.0 Å². The van der Waals surface area contributed by atoms with Gasteiger partial charge in [-0.1, -0.05) is 108 Å². The van der Waals surface area contributed by atoms with Crippen molar-refractivity contribution in [2.75, 3.05) is 0 Å². The predicted octanol–water partition coefficient (Wildman–Crippen LogP) is 10.6. The van der Waals surface area contributed by atoms with Crippen molar-refractivity contribution in [3.63, 3.8) is 0 Å². The highest BCUT2D eigenvalue weighted by molar-refractivity contribution is 7.14. The molecule has 0 amide bonds. The molecule has 0 N–H and O–H groups in total. The van der Waals surface area contributed by atoms with E-state index in [1.165, 1.54) is 99.7 Å². The predicted molar refractivity (Wildman–Crippen MR) is 154 cm³/mol. The number of halogens is 2. The molecular formula is C30H39F2N3S2. The van der Waals surface area contributed by atoms with E-state index in [0.717, 1.165) is 12.8 Å². The van der Waals surface area contributed by atoms with Crippen LogP contribution in [0.3, 0.4) is 0 Å². The van der Waals surface area contributed by atoms with Crippen LogP contribution in [-0.4, -0.2) is 15.0 Å². The van der Waals surface area contributed by atoms with Crippen LogP contribution in [0.25, 0.3) is 31.9 Å². The maximum absolute atomic E-state index is 15.5. The van der Waals surface area contributed by atoms with Gasteiger partial charge in [-0.15, -0.1) is 27.8 Å². The molecule has 0 fully saturated rings. The molecule has 4 rings (SSSR count). The number of hydrogen-bond acceptors (Lipinski definition) is 4. The van der Waals surface area contributed by atoms with E-state index >= 15 is 8.78 Å². The zero-order valence-corrected chi connectivity index (χ0v) is 23.6. The van der Waals surface area contributed by atoms with Gasteiger partial charge in [0, 0.05) is 16.3 Å². The summed E-state index contributed by atoms with van der Waals surface area (Å²) in [5.41, 5.74) is 1.53. The third-order valence-corrected chi connectivity index (χ3v) is 8.87. The smallest absolute Gasteiger partial charge is 0.170 e. The monoisotopic (exact) mass is 543 g/mol. The second-order valence-electron chi connectivity index (χ2n) is 9.94. The van der Waals surface area contributed by atoms with E-state index in [-0.39, 0.29) is 11.1 Å². The second kappa shape index (κ2) is 14.7. The fourth-order valence-corrected chi connectivity index (χ4v) is 6.59. The number of aryl methyl sites for hydroxylation is 1. The molecule has 3 heterocycles. The zero-order chi connectivity index (χ0) is 25.9. The third kappa shape index (κ3) is 7.26. The molecule has 200 valence electrons. The van der Waals surface area contributed by atoms with Crippen molar-refractivity contribution in [2.45, 2.75) is 103 Å². The molecule has 0 spiro atoms. The second-order valence-corrected chi connectivity index (χ2v) is 11.8. The van der Waals surface area contributed by atoms with Crippen LogP contribution in [-0.2, 0) is 6.54 Å². The highest BCUT2D eigenvalue weighted by Gasteiger charge is 2.27. The summed E-state index contributed by atoms with van der Waals surface area (Å²) in [6.45, 7) is 2.92. The number of fused-ring (bicyclic) bond motifs is 1. The summed E-state index contributed by atoms with van der Waals surface area (Å²) in [5.74, 6) is -1.66. The van der Waals surface area contributed by atoms with Gasteiger partial charge in [-0.2, -0.15) is 0 Å². The van der Waals surface area contributed by atoms with E-state index in [2.05, 4.69) is 17.2 Å². The highest BCUT2D eigenvalue weighted by atomic mass is 32.1. The minimum atomic E-state index is -0.845. The molecular weight excluding hydrogens is 504 g/mol. The van der Waals surface area contributed by atoms with Gasteiger partial charge in [0.15, 0.2) is 11.6 Å². The Hall–Kier alpha value is -2.12. The van der Waals surface area contributed by atoms with Crippen molar-refractivity contribution in [2.24, 2.45) is 0 Å². The van der Waals surface area contributed by atoms with E-state index in [0.29, 0.717) is 27.3 Å². The molecule has 4 aromatic rings. The molecule has 0 unspecified atom stereocenters. The summed E-state index contributed by atoms with van der Waals surface area (Å²) < 4.78 is 32.6. The first kappa shape index (κ1) is 27.9. The molecule has 37 heavy (non-hydrogen) atoms. The Labute approximate surface area is 227 Å². The van der Waals surface area contributed by atoms with E-state index in [1.54, 1.807) is 10.7 Å². The zero-order valence-electron chi connectivity index (χ0n) is 22.0. The minimum Gasteiger partial charge on any atom is -0.244 e. The normalized spacial score (nSPS) is 11.6. The van der Waals surface area contributed by atoms with Crippen LogP contribution >= 0.6 is 22.7 Å². The van der Waals surface area contributed by atoms with Gasteiger partial charge in [-0.3, -0.25) is 0 Å². The van der Waals surface area contributed by atoms with Gasteiger partial charge in [0.05, 0.1) is 11.1 Å². The summed E-state index contributed by atoms with van der Waals surface area (Å²) in [4.78, 5) is 1.37. The quantitative estimate of drug-likeness (QED) is 0.124. The average molecular weight is 544 g/mol. The molecule has 0 atom stereocenters.